The summed E-state index contributed by atoms with van der Waals surface area (Å²) in [6, 6.07) is 6.95. The molecule has 2 amide bonds. The lowest BCUT2D eigenvalue weighted by Crippen LogP contribution is -2.47. The summed E-state index contributed by atoms with van der Waals surface area (Å²) >= 11 is 0. The van der Waals surface area contributed by atoms with Crippen molar-refractivity contribution >= 4 is 6.03 Å². The van der Waals surface area contributed by atoms with E-state index in [4.69, 9.17) is 5.11 Å². The van der Waals surface area contributed by atoms with Crippen molar-refractivity contribution in [1.29, 1.82) is 0 Å². The number of carbonyl (C=O) groups is 1. The molecule has 1 rings (SSSR count). The highest BCUT2D eigenvalue weighted by Gasteiger charge is 2.16. The van der Waals surface area contributed by atoms with Gasteiger partial charge in [-0.1, -0.05) is 26.0 Å². The van der Waals surface area contributed by atoms with Crippen molar-refractivity contribution in [2.75, 3.05) is 6.61 Å². The number of nitrogens with one attached hydrogen (secondary N) is 2. The molecule has 0 spiro atoms. The number of phenolic OH excluding ortho intramolecular Hbond substituents is 1. The number of benzene rings is 1. The van der Waals surface area contributed by atoms with E-state index in [0.717, 1.165) is 18.4 Å². The average Bonchev–Trinajstić information content (AvgIpc) is 2.46. The Morgan fingerprint density at radius 3 is 2.27 bits per heavy atom. The van der Waals surface area contributed by atoms with Gasteiger partial charge in [0.1, 0.15) is 5.75 Å². The maximum Gasteiger partial charge on any atom is 0.315 e. The third-order valence-corrected chi connectivity index (χ3v) is 3.74. The number of aliphatic hydroxyl groups is 1. The zero-order valence-electron chi connectivity index (χ0n) is 13.7. The summed E-state index contributed by atoms with van der Waals surface area (Å²) in [5, 5.41) is 24.1. The van der Waals surface area contributed by atoms with Gasteiger partial charge in [0.2, 0.25) is 0 Å². The van der Waals surface area contributed by atoms with E-state index in [0.29, 0.717) is 6.42 Å². The summed E-state index contributed by atoms with van der Waals surface area (Å²) in [7, 11) is 0. The van der Waals surface area contributed by atoms with Gasteiger partial charge >= 0.3 is 6.03 Å². The minimum absolute atomic E-state index is 0.0192. The van der Waals surface area contributed by atoms with Crippen LogP contribution in [0.1, 0.15) is 39.2 Å². The fraction of sp³-hybridized carbons (Fsp3) is 0.588. The van der Waals surface area contributed by atoms with Crippen LogP contribution in [0.5, 0.6) is 5.75 Å². The smallest absolute Gasteiger partial charge is 0.315 e. The lowest BCUT2D eigenvalue weighted by atomic mass is 10.0. The Morgan fingerprint density at radius 2 is 1.73 bits per heavy atom. The molecule has 0 aliphatic heterocycles. The number of aromatic hydroxyl groups is 1. The van der Waals surface area contributed by atoms with Gasteiger partial charge in [-0.15, -0.1) is 0 Å². The quantitative estimate of drug-likeness (QED) is 0.595. The molecule has 0 saturated carbocycles. The van der Waals surface area contributed by atoms with Crippen LogP contribution in [0.15, 0.2) is 24.3 Å². The number of urea groups is 1. The van der Waals surface area contributed by atoms with Crippen molar-refractivity contribution in [1.82, 2.24) is 10.6 Å². The van der Waals surface area contributed by atoms with Gasteiger partial charge < -0.3 is 20.8 Å². The molecule has 124 valence electrons. The Kier molecular flexibility index (Phi) is 7.74. The lowest BCUT2D eigenvalue weighted by molar-refractivity contribution is 0.216. The molecular formula is C17H28N2O3. The molecule has 22 heavy (non-hydrogen) atoms. The number of hydrogen-bond donors (Lipinski definition) is 4. The van der Waals surface area contributed by atoms with Crippen LogP contribution in [0.3, 0.4) is 0 Å². The van der Waals surface area contributed by atoms with Crippen molar-refractivity contribution in [3.05, 3.63) is 29.8 Å². The highest BCUT2D eigenvalue weighted by molar-refractivity contribution is 5.74. The molecule has 2 unspecified atom stereocenters. The van der Waals surface area contributed by atoms with E-state index in [-0.39, 0.29) is 36.4 Å². The van der Waals surface area contributed by atoms with Gasteiger partial charge in [0.15, 0.2) is 0 Å². The van der Waals surface area contributed by atoms with E-state index < -0.39 is 0 Å². The third-order valence-electron chi connectivity index (χ3n) is 3.74. The zero-order valence-corrected chi connectivity index (χ0v) is 13.7. The number of hydrogen-bond acceptors (Lipinski definition) is 3. The summed E-state index contributed by atoms with van der Waals surface area (Å²) in [6.07, 6.45) is 2.23. The molecule has 1 aromatic carbocycles. The number of phenols is 1. The molecule has 1 aromatic rings. The van der Waals surface area contributed by atoms with Crippen LogP contribution in [0.25, 0.3) is 0 Å². The summed E-state index contributed by atoms with van der Waals surface area (Å²) < 4.78 is 0. The van der Waals surface area contributed by atoms with Gasteiger partial charge in [-0.3, -0.25) is 0 Å². The molecule has 4 N–H and O–H groups in total. The maximum absolute atomic E-state index is 12.0. The van der Waals surface area contributed by atoms with Crippen LogP contribution < -0.4 is 10.6 Å². The fourth-order valence-corrected chi connectivity index (χ4v) is 2.26. The molecule has 0 saturated heterocycles. The molecule has 0 bridgehead atoms. The highest BCUT2D eigenvalue weighted by atomic mass is 16.3. The first-order valence-electron chi connectivity index (χ1n) is 7.88. The molecule has 2 atom stereocenters. The Morgan fingerprint density at radius 1 is 1.09 bits per heavy atom. The predicted molar refractivity (Wildman–Crippen MR) is 87.9 cm³/mol. The second-order valence-electron chi connectivity index (χ2n) is 6.09. The summed E-state index contributed by atoms with van der Waals surface area (Å²) in [5.74, 6) is 0.545. The van der Waals surface area contributed by atoms with Gasteiger partial charge in [0, 0.05) is 18.7 Å². The van der Waals surface area contributed by atoms with E-state index in [9.17, 15) is 9.90 Å². The van der Waals surface area contributed by atoms with Crippen molar-refractivity contribution < 1.29 is 15.0 Å². The van der Waals surface area contributed by atoms with Gasteiger partial charge in [-0.2, -0.15) is 0 Å². The topological polar surface area (TPSA) is 81.6 Å². The number of aryl methyl sites for hydroxylation is 1. The number of aliphatic hydroxyl groups excluding tert-OH is 1. The molecule has 0 radical (unpaired) electrons. The monoisotopic (exact) mass is 308 g/mol. The minimum Gasteiger partial charge on any atom is -0.508 e. The predicted octanol–water partition coefficient (Wildman–Crippen LogP) is 2.42. The summed E-state index contributed by atoms with van der Waals surface area (Å²) in [4.78, 5) is 12.0. The Labute approximate surface area is 132 Å². The Balaban J connectivity index is 2.35. The van der Waals surface area contributed by atoms with E-state index >= 15 is 0 Å². The number of carbonyl (C=O) groups excluding carboxylic acids is 1. The van der Waals surface area contributed by atoms with Gasteiger partial charge in [0.25, 0.3) is 0 Å². The second kappa shape index (κ2) is 9.30. The third kappa shape index (κ3) is 6.80. The highest BCUT2D eigenvalue weighted by Crippen LogP contribution is 2.12. The average molecular weight is 308 g/mol. The largest absolute Gasteiger partial charge is 0.508 e. The Bertz CT molecular complexity index is 446. The van der Waals surface area contributed by atoms with E-state index in [1.807, 2.05) is 32.9 Å². The minimum atomic E-state index is -0.189. The molecular weight excluding hydrogens is 280 g/mol. The summed E-state index contributed by atoms with van der Waals surface area (Å²) in [6.45, 7) is 6.08. The van der Waals surface area contributed by atoms with Gasteiger partial charge in [-0.25, -0.2) is 4.79 Å². The number of amides is 2. The van der Waals surface area contributed by atoms with Crippen molar-refractivity contribution in [2.24, 2.45) is 5.92 Å². The first-order valence-corrected chi connectivity index (χ1v) is 7.88. The van der Waals surface area contributed by atoms with Crippen LogP contribution in [0.2, 0.25) is 0 Å². The maximum atomic E-state index is 12.0. The van der Waals surface area contributed by atoms with Crippen molar-refractivity contribution in [3.8, 4) is 5.75 Å². The van der Waals surface area contributed by atoms with E-state index in [1.54, 1.807) is 12.1 Å². The molecule has 0 aliphatic rings. The van der Waals surface area contributed by atoms with Crippen LogP contribution in [-0.4, -0.2) is 34.9 Å². The standard InChI is InChI=1S/C17H28N2O3/c1-12(2)16(10-11-20)19-17(22)18-13(3)4-5-14-6-8-15(21)9-7-14/h6-9,12-13,16,20-21H,4-5,10-11H2,1-3H3,(H2,18,19,22). The van der Waals surface area contributed by atoms with Crippen molar-refractivity contribution in [3.63, 3.8) is 0 Å². The van der Waals surface area contributed by atoms with E-state index in [2.05, 4.69) is 10.6 Å². The molecule has 0 fully saturated rings. The fourth-order valence-electron chi connectivity index (χ4n) is 2.26. The molecule has 0 heterocycles. The van der Waals surface area contributed by atoms with Crippen LogP contribution in [-0.2, 0) is 6.42 Å². The molecule has 0 aliphatic carbocycles. The second-order valence-corrected chi connectivity index (χ2v) is 6.09. The Hall–Kier alpha value is -1.75. The first-order chi connectivity index (χ1) is 10.4. The van der Waals surface area contributed by atoms with Crippen LogP contribution >= 0.6 is 0 Å². The van der Waals surface area contributed by atoms with Crippen LogP contribution in [0.4, 0.5) is 4.79 Å². The molecule has 5 heteroatoms. The SMILES string of the molecule is CC(CCc1ccc(O)cc1)NC(=O)NC(CCO)C(C)C. The van der Waals surface area contributed by atoms with E-state index in [1.165, 1.54) is 0 Å². The molecule has 5 nitrogen and oxygen atoms in total. The summed E-state index contributed by atoms with van der Waals surface area (Å²) in [5.41, 5.74) is 1.13. The van der Waals surface area contributed by atoms with Gasteiger partial charge in [0.05, 0.1) is 0 Å². The molecule has 0 aromatic heterocycles. The first kappa shape index (κ1) is 18.3. The normalized spacial score (nSPS) is 13.7. The zero-order chi connectivity index (χ0) is 16.5. The van der Waals surface area contributed by atoms with Crippen LogP contribution in [0, 0.1) is 5.92 Å². The van der Waals surface area contributed by atoms with Gasteiger partial charge in [-0.05, 0) is 49.8 Å². The van der Waals surface area contributed by atoms with Crippen molar-refractivity contribution in [2.45, 2.75) is 52.1 Å². The number of rotatable bonds is 8. The lowest BCUT2D eigenvalue weighted by Gasteiger charge is -2.23.